The van der Waals surface area contributed by atoms with Gasteiger partial charge >= 0.3 is 0 Å². The fourth-order valence-corrected chi connectivity index (χ4v) is 4.91. The van der Waals surface area contributed by atoms with E-state index in [1.54, 1.807) is 15.5 Å². The van der Waals surface area contributed by atoms with E-state index in [1.807, 2.05) is 0 Å². The Balaban J connectivity index is 1.97. The van der Waals surface area contributed by atoms with Crippen LogP contribution < -0.4 is 0 Å². The molecule has 0 spiro atoms. The summed E-state index contributed by atoms with van der Waals surface area (Å²) < 4.78 is 28.3. The minimum Gasteiger partial charge on any atom is -0.393 e. The topological polar surface area (TPSA) is 60.9 Å². The lowest BCUT2D eigenvalue weighted by Crippen LogP contribution is -2.50. The van der Waals surface area contributed by atoms with Crippen LogP contribution in [0.3, 0.4) is 0 Å². The van der Waals surface area contributed by atoms with Gasteiger partial charge in [-0.1, -0.05) is 6.92 Å². The van der Waals surface area contributed by atoms with Gasteiger partial charge in [-0.15, -0.1) is 0 Å². The Morgan fingerprint density at radius 2 is 1.74 bits per heavy atom. The second-order valence-corrected chi connectivity index (χ2v) is 8.02. The lowest BCUT2D eigenvalue weighted by atomic mass is 9.93. The second kappa shape index (κ2) is 6.08. The fourth-order valence-electron chi connectivity index (χ4n) is 3.11. The molecule has 2 aliphatic heterocycles. The molecule has 0 aromatic rings. The van der Waals surface area contributed by atoms with Crippen molar-refractivity contribution in [3.05, 3.63) is 0 Å². The number of piperidine rings is 2. The molecule has 2 aliphatic rings. The number of aliphatic hydroxyl groups is 1. The molecular formula is C13H26N2O3S. The standard InChI is InChI=1S/C13H26N2O3S/c1-11-4-3-7-15(10-11)19(17,18)14-8-5-13(6-9-14)12(2)16/h11-13,16H,3-10H2,1-2H3. The van der Waals surface area contributed by atoms with Crippen LogP contribution in [0.4, 0.5) is 0 Å². The van der Waals surface area contributed by atoms with E-state index in [1.165, 1.54) is 0 Å². The quantitative estimate of drug-likeness (QED) is 0.845. The molecule has 2 saturated heterocycles. The van der Waals surface area contributed by atoms with Crippen LogP contribution in [0.25, 0.3) is 0 Å². The minimum absolute atomic E-state index is 0.242. The molecule has 2 unspecified atom stereocenters. The molecular weight excluding hydrogens is 264 g/mol. The van der Waals surface area contributed by atoms with Gasteiger partial charge in [-0.2, -0.15) is 17.0 Å². The van der Waals surface area contributed by atoms with Crippen LogP contribution in [0.15, 0.2) is 0 Å². The first-order chi connectivity index (χ1) is 8.91. The third-order valence-corrected chi connectivity index (χ3v) is 6.46. The normalized spacial score (nSPS) is 30.4. The molecule has 2 atom stereocenters. The van der Waals surface area contributed by atoms with Gasteiger partial charge in [0.15, 0.2) is 0 Å². The van der Waals surface area contributed by atoms with Crippen molar-refractivity contribution >= 4 is 10.2 Å². The van der Waals surface area contributed by atoms with Gasteiger partial charge in [0.2, 0.25) is 0 Å². The highest BCUT2D eigenvalue weighted by atomic mass is 32.2. The lowest BCUT2D eigenvalue weighted by Gasteiger charge is -2.38. The molecule has 6 heteroatoms. The smallest absolute Gasteiger partial charge is 0.281 e. The van der Waals surface area contributed by atoms with Gasteiger partial charge in [0, 0.05) is 26.2 Å². The molecule has 19 heavy (non-hydrogen) atoms. The van der Waals surface area contributed by atoms with E-state index < -0.39 is 10.2 Å². The summed E-state index contributed by atoms with van der Waals surface area (Å²) in [5.74, 6) is 0.699. The summed E-state index contributed by atoms with van der Waals surface area (Å²) in [5, 5.41) is 9.57. The average Bonchev–Trinajstić information content (AvgIpc) is 2.39. The lowest BCUT2D eigenvalue weighted by molar-refractivity contribution is 0.0892. The Morgan fingerprint density at radius 1 is 1.11 bits per heavy atom. The van der Waals surface area contributed by atoms with Crippen molar-refractivity contribution in [1.29, 1.82) is 0 Å². The van der Waals surface area contributed by atoms with Gasteiger partial charge in [0.1, 0.15) is 0 Å². The molecule has 0 aromatic carbocycles. The number of rotatable bonds is 3. The molecule has 5 nitrogen and oxygen atoms in total. The number of nitrogens with zero attached hydrogens (tertiary/aromatic N) is 2. The van der Waals surface area contributed by atoms with E-state index in [2.05, 4.69) is 6.92 Å². The van der Waals surface area contributed by atoms with Crippen LogP contribution >= 0.6 is 0 Å². The van der Waals surface area contributed by atoms with Gasteiger partial charge in [-0.25, -0.2) is 0 Å². The largest absolute Gasteiger partial charge is 0.393 e. The molecule has 0 bridgehead atoms. The maximum Gasteiger partial charge on any atom is 0.281 e. The van der Waals surface area contributed by atoms with Crippen molar-refractivity contribution in [3.63, 3.8) is 0 Å². The van der Waals surface area contributed by atoms with E-state index in [-0.39, 0.29) is 12.0 Å². The Kier molecular flexibility index (Phi) is 4.87. The van der Waals surface area contributed by atoms with E-state index in [4.69, 9.17) is 0 Å². The first kappa shape index (κ1) is 15.2. The second-order valence-electron chi connectivity index (χ2n) is 6.09. The molecule has 0 amide bonds. The first-order valence-corrected chi connectivity index (χ1v) is 8.74. The highest BCUT2D eigenvalue weighted by Gasteiger charge is 2.35. The average molecular weight is 290 g/mol. The Labute approximate surface area is 116 Å². The summed E-state index contributed by atoms with van der Waals surface area (Å²) in [6.07, 6.45) is 3.28. The highest BCUT2D eigenvalue weighted by molar-refractivity contribution is 7.86. The van der Waals surface area contributed by atoms with Crippen LogP contribution in [0, 0.1) is 11.8 Å². The summed E-state index contributed by atoms with van der Waals surface area (Å²) in [7, 11) is -3.28. The van der Waals surface area contributed by atoms with Crippen molar-refractivity contribution in [3.8, 4) is 0 Å². The SMILES string of the molecule is CC1CCCN(S(=O)(=O)N2CCC(C(C)O)CC2)C1. The van der Waals surface area contributed by atoms with Crippen LogP contribution in [0.2, 0.25) is 0 Å². The summed E-state index contributed by atoms with van der Waals surface area (Å²) in [4.78, 5) is 0. The molecule has 0 aliphatic carbocycles. The molecule has 2 rings (SSSR count). The Morgan fingerprint density at radius 3 is 2.26 bits per heavy atom. The van der Waals surface area contributed by atoms with E-state index in [9.17, 15) is 13.5 Å². The van der Waals surface area contributed by atoms with Crippen molar-refractivity contribution in [2.24, 2.45) is 11.8 Å². The third-order valence-electron chi connectivity index (χ3n) is 4.45. The summed E-state index contributed by atoms with van der Waals surface area (Å²) in [6.45, 7) is 6.30. The molecule has 2 heterocycles. The van der Waals surface area contributed by atoms with Crippen molar-refractivity contribution in [1.82, 2.24) is 8.61 Å². The fraction of sp³-hybridized carbons (Fsp3) is 1.00. The molecule has 2 fully saturated rings. The monoisotopic (exact) mass is 290 g/mol. The maximum atomic E-state index is 12.6. The van der Waals surface area contributed by atoms with Crippen LogP contribution in [0.5, 0.6) is 0 Å². The van der Waals surface area contributed by atoms with Gasteiger partial charge in [0.25, 0.3) is 10.2 Å². The number of hydrogen-bond acceptors (Lipinski definition) is 3. The van der Waals surface area contributed by atoms with Gasteiger partial charge in [-0.3, -0.25) is 0 Å². The van der Waals surface area contributed by atoms with Crippen LogP contribution in [-0.2, 0) is 10.2 Å². The van der Waals surface area contributed by atoms with Crippen LogP contribution in [-0.4, -0.2) is 54.4 Å². The predicted octanol–water partition coefficient (Wildman–Crippen LogP) is 1.06. The number of hydrogen-bond donors (Lipinski definition) is 1. The van der Waals surface area contributed by atoms with Crippen molar-refractivity contribution in [2.45, 2.75) is 45.6 Å². The van der Waals surface area contributed by atoms with Gasteiger partial charge < -0.3 is 5.11 Å². The summed E-state index contributed by atoms with van der Waals surface area (Å²) in [5.41, 5.74) is 0. The van der Waals surface area contributed by atoms with E-state index in [0.717, 1.165) is 25.7 Å². The predicted molar refractivity (Wildman–Crippen MR) is 74.9 cm³/mol. The Hall–Kier alpha value is -0.170. The summed E-state index contributed by atoms with van der Waals surface area (Å²) in [6, 6.07) is 0. The summed E-state index contributed by atoms with van der Waals surface area (Å²) >= 11 is 0. The minimum atomic E-state index is -3.28. The molecule has 0 radical (unpaired) electrons. The molecule has 112 valence electrons. The van der Waals surface area contributed by atoms with Gasteiger partial charge in [0.05, 0.1) is 6.10 Å². The van der Waals surface area contributed by atoms with E-state index >= 15 is 0 Å². The maximum absolute atomic E-state index is 12.6. The Bertz CT molecular complexity index is 389. The molecule has 0 saturated carbocycles. The van der Waals surface area contributed by atoms with E-state index in [0.29, 0.717) is 32.1 Å². The van der Waals surface area contributed by atoms with Gasteiger partial charge in [-0.05, 0) is 44.4 Å². The molecule has 0 aromatic heterocycles. The van der Waals surface area contributed by atoms with Crippen molar-refractivity contribution < 1.29 is 13.5 Å². The van der Waals surface area contributed by atoms with Crippen molar-refractivity contribution in [2.75, 3.05) is 26.2 Å². The zero-order valence-corrected chi connectivity index (χ0v) is 12.8. The van der Waals surface area contributed by atoms with Crippen LogP contribution in [0.1, 0.15) is 39.5 Å². The highest BCUT2D eigenvalue weighted by Crippen LogP contribution is 2.26. The zero-order chi connectivity index (χ0) is 14.0. The first-order valence-electron chi connectivity index (χ1n) is 7.34. The number of aliphatic hydroxyl groups excluding tert-OH is 1. The zero-order valence-electron chi connectivity index (χ0n) is 12.0. The molecule has 1 N–H and O–H groups in total. The third kappa shape index (κ3) is 3.48.